The molecule has 0 spiro atoms. The second-order valence-electron chi connectivity index (χ2n) is 16.0. The minimum absolute atomic E-state index is 0.0889. The predicted octanol–water partition coefficient (Wildman–Crippen LogP) is 5.15. The first-order valence-corrected chi connectivity index (χ1v) is 18.8. The van der Waals surface area contributed by atoms with Crippen molar-refractivity contribution >= 4 is 46.4 Å². The van der Waals surface area contributed by atoms with Gasteiger partial charge in [0.05, 0.1) is 46.3 Å². The van der Waals surface area contributed by atoms with Crippen LogP contribution in [-0.4, -0.2) is 90.5 Å². The van der Waals surface area contributed by atoms with Crippen LogP contribution in [0.5, 0.6) is 0 Å². The van der Waals surface area contributed by atoms with E-state index in [1.165, 1.54) is 5.56 Å². The summed E-state index contributed by atoms with van der Waals surface area (Å²) in [6.07, 6.45) is 10.6. The number of ether oxygens (including phenoxy) is 1. The zero-order chi connectivity index (χ0) is 37.7. The number of hydrogen-bond donors (Lipinski definition) is 2. The van der Waals surface area contributed by atoms with Gasteiger partial charge in [-0.1, -0.05) is 6.07 Å². The van der Waals surface area contributed by atoms with Crippen LogP contribution < -0.4 is 10.6 Å². The van der Waals surface area contributed by atoms with Gasteiger partial charge in [-0.15, -0.1) is 0 Å². The summed E-state index contributed by atoms with van der Waals surface area (Å²) in [6, 6.07) is 10.6. The first kappa shape index (κ1) is 35.4. The molecule has 4 aromatic rings. The van der Waals surface area contributed by atoms with Crippen LogP contribution >= 0.6 is 0 Å². The molecule has 5 amide bonds. The molecule has 1 atom stereocenters. The quantitative estimate of drug-likeness (QED) is 0.164. The van der Waals surface area contributed by atoms with E-state index in [2.05, 4.69) is 39.0 Å². The molecule has 4 aliphatic rings. The molecule has 2 saturated heterocycles. The Morgan fingerprint density at radius 2 is 1.76 bits per heavy atom. The number of likely N-dealkylation sites (tertiary alicyclic amines) is 1. The van der Waals surface area contributed by atoms with Gasteiger partial charge >= 0.3 is 6.09 Å². The summed E-state index contributed by atoms with van der Waals surface area (Å²) in [4.78, 5) is 74.6. The molecule has 5 heterocycles. The third kappa shape index (κ3) is 7.16. The predicted molar refractivity (Wildman–Crippen MR) is 198 cm³/mol. The third-order valence-electron chi connectivity index (χ3n) is 10.8. The van der Waals surface area contributed by atoms with Crippen LogP contribution in [0, 0.1) is 11.8 Å². The molecule has 3 fully saturated rings. The Balaban J connectivity index is 0.792. The molecule has 54 heavy (non-hydrogen) atoms. The molecule has 8 rings (SSSR count). The van der Waals surface area contributed by atoms with Gasteiger partial charge in [-0.3, -0.25) is 39.1 Å². The maximum absolute atomic E-state index is 13.1. The number of hydrogen-bond acceptors (Lipinski definition) is 10. The van der Waals surface area contributed by atoms with E-state index in [0.29, 0.717) is 31.0 Å². The fourth-order valence-corrected chi connectivity index (χ4v) is 7.86. The van der Waals surface area contributed by atoms with Crippen molar-refractivity contribution in [2.75, 3.05) is 25.0 Å². The average Bonchev–Trinajstić information content (AvgIpc) is 3.66. The number of carbonyl (C=O) groups excluding carboxylic acids is 5. The Morgan fingerprint density at radius 1 is 0.963 bits per heavy atom. The molecule has 1 saturated carbocycles. The number of benzene rings is 2. The summed E-state index contributed by atoms with van der Waals surface area (Å²) in [5.74, 6) is -1.04. The fraction of sp³-hybridized carbons (Fsp3) is 0.450. The van der Waals surface area contributed by atoms with E-state index < -0.39 is 35.3 Å². The zero-order valence-corrected chi connectivity index (χ0v) is 30.7. The first-order chi connectivity index (χ1) is 25.9. The second kappa shape index (κ2) is 14.0. The first-order valence-electron chi connectivity index (χ1n) is 18.8. The van der Waals surface area contributed by atoms with E-state index >= 15 is 0 Å². The monoisotopic (exact) mass is 732 g/mol. The van der Waals surface area contributed by atoms with Crippen molar-refractivity contribution in [3.05, 3.63) is 71.7 Å². The van der Waals surface area contributed by atoms with E-state index in [-0.39, 0.29) is 30.1 Å². The number of nitrogens with zero attached hydrogens (tertiary/aromatic N) is 6. The largest absolute Gasteiger partial charge is 0.444 e. The highest BCUT2D eigenvalue weighted by atomic mass is 16.6. The number of fused-ring (bicyclic) bond motifs is 2. The summed E-state index contributed by atoms with van der Waals surface area (Å²) >= 11 is 0. The minimum Gasteiger partial charge on any atom is -0.444 e. The topological polar surface area (TPSA) is 169 Å². The summed E-state index contributed by atoms with van der Waals surface area (Å²) in [7, 11) is 0. The summed E-state index contributed by atoms with van der Waals surface area (Å²) < 4.78 is 7.53. The van der Waals surface area contributed by atoms with Crippen LogP contribution in [0.1, 0.15) is 91.6 Å². The highest BCUT2D eigenvalue weighted by Gasteiger charge is 2.44. The number of piperidine rings is 1. The Labute approximate surface area is 312 Å². The van der Waals surface area contributed by atoms with Gasteiger partial charge in [-0.2, -0.15) is 5.10 Å². The number of nitrogens with one attached hydrogen (secondary N) is 2. The van der Waals surface area contributed by atoms with E-state index in [1.54, 1.807) is 29.3 Å². The third-order valence-corrected chi connectivity index (χ3v) is 10.8. The van der Waals surface area contributed by atoms with Gasteiger partial charge in [0.1, 0.15) is 11.6 Å². The number of imide groups is 2. The SMILES string of the molecule is CC(C)(C)OC(=O)N1CC(Cc2ccc3ncc(-c4cnn(C5CC(CCCNc6ccc7c(c6)C(=O)N(C6CCC(=O)NC6=O)C7=O)C5)c4)nc3c2)C1. The minimum atomic E-state index is -0.974. The number of aromatic nitrogens is 4. The van der Waals surface area contributed by atoms with Crippen molar-refractivity contribution in [1.29, 1.82) is 0 Å². The molecule has 0 bridgehead atoms. The number of carbonyl (C=O) groups is 5. The molecule has 1 aliphatic carbocycles. The maximum Gasteiger partial charge on any atom is 0.410 e. The van der Waals surface area contributed by atoms with Gasteiger partial charge in [-0.25, -0.2) is 9.78 Å². The summed E-state index contributed by atoms with van der Waals surface area (Å²) in [5, 5.41) is 10.3. The molecule has 1 unspecified atom stereocenters. The smallest absolute Gasteiger partial charge is 0.410 e. The van der Waals surface area contributed by atoms with Crippen LogP contribution in [0.25, 0.3) is 22.3 Å². The maximum atomic E-state index is 13.1. The van der Waals surface area contributed by atoms with Crippen molar-refractivity contribution in [1.82, 2.24) is 34.9 Å². The van der Waals surface area contributed by atoms with Crippen molar-refractivity contribution in [2.45, 2.75) is 83.4 Å². The Morgan fingerprint density at radius 3 is 2.54 bits per heavy atom. The Hall–Kier alpha value is -5.66. The average molecular weight is 733 g/mol. The van der Waals surface area contributed by atoms with Crippen LogP contribution in [0.4, 0.5) is 10.5 Å². The molecule has 280 valence electrons. The zero-order valence-electron chi connectivity index (χ0n) is 30.7. The molecule has 2 aromatic heterocycles. The fourth-order valence-electron chi connectivity index (χ4n) is 7.86. The van der Waals surface area contributed by atoms with Gasteiger partial charge in [0, 0.05) is 43.5 Å². The van der Waals surface area contributed by atoms with Crippen molar-refractivity contribution < 1.29 is 28.7 Å². The van der Waals surface area contributed by atoms with Crippen molar-refractivity contribution in [2.24, 2.45) is 11.8 Å². The lowest BCUT2D eigenvalue weighted by atomic mass is 9.77. The number of rotatable bonds is 10. The molecular weight excluding hydrogens is 688 g/mol. The highest BCUT2D eigenvalue weighted by Crippen LogP contribution is 2.40. The van der Waals surface area contributed by atoms with Crippen LogP contribution in [0.2, 0.25) is 0 Å². The van der Waals surface area contributed by atoms with Crippen LogP contribution in [0.15, 0.2) is 55.0 Å². The molecule has 14 nitrogen and oxygen atoms in total. The Kier molecular flexibility index (Phi) is 9.14. The van der Waals surface area contributed by atoms with E-state index in [9.17, 15) is 24.0 Å². The van der Waals surface area contributed by atoms with E-state index in [4.69, 9.17) is 9.72 Å². The Bertz CT molecular complexity index is 2160. The van der Waals surface area contributed by atoms with Gasteiger partial charge in [0.2, 0.25) is 11.8 Å². The standard InChI is InChI=1S/C40H44N8O6/c1-40(2,3)54-39(53)46-20-25(21-46)13-24-6-9-31-32(16-24)44-33(19-42-31)26-18-43-47(22-26)28-14-23(15-28)5-4-12-41-27-7-8-29-30(17-27)38(52)48(37(29)51)34-10-11-35(49)45-36(34)50/h6-9,16-19,22-23,25,28,34,41H,4-5,10-15,20-21H2,1-3H3,(H,45,49,50). The van der Waals surface area contributed by atoms with Crippen LogP contribution in [0.3, 0.4) is 0 Å². The van der Waals surface area contributed by atoms with E-state index in [0.717, 1.165) is 71.5 Å². The molecular formula is C40H44N8O6. The molecule has 2 N–H and O–H groups in total. The van der Waals surface area contributed by atoms with Gasteiger partial charge in [-0.05, 0) is 107 Å². The van der Waals surface area contributed by atoms with Crippen molar-refractivity contribution in [3.63, 3.8) is 0 Å². The van der Waals surface area contributed by atoms with Crippen molar-refractivity contribution in [3.8, 4) is 11.3 Å². The molecule has 2 aromatic carbocycles. The lowest BCUT2D eigenvalue weighted by Gasteiger charge is -2.39. The van der Waals surface area contributed by atoms with Gasteiger partial charge in [0.15, 0.2) is 0 Å². The van der Waals surface area contributed by atoms with Gasteiger partial charge in [0.25, 0.3) is 11.8 Å². The lowest BCUT2D eigenvalue weighted by molar-refractivity contribution is -0.136. The van der Waals surface area contributed by atoms with Gasteiger partial charge < -0.3 is 15.0 Å². The molecule has 0 radical (unpaired) electrons. The second-order valence-corrected chi connectivity index (χ2v) is 16.0. The normalized spacial score (nSPS) is 21.5. The molecule has 14 heteroatoms. The summed E-state index contributed by atoms with van der Waals surface area (Å²) in [6.45, 7) is 7.74. The van der Waals surface area contributed by atoms with E-state index in [1.807, 2.05) is 37.7 Å². The van der Waals surface area contributed by atoms with Crippen LogP contribution in [-0.2, 0) is 20.7 Å². The number of anilines is 1. The molecule has 3 aliphatic heterocycles. The highest BCUT2D eigenvalue weighted by molar-refractivity contribution is 6.23. The number of amides is 5. The summed E-state index contributed by atoms with van der Waals surface area (Å²) in [5.41, 5.74) is 5.37. The lowest BCUT2D eigenvalue weighted by Crippen LogP contribution is -2.54.